The van der Waals surface area contributed by atoms with Gasteiger partial charge in [0.2, 0.25) is 0 Å². The summed E-state index contributed by atoms with van der Waals surface area (Å²) in [5.74, 6) is 0. The summed E-state index contributed by atoms with van der Waals surface area (Å²) in [6.45, 7) is -7.21. The van der Waals surface area contributed by atoms with E-state index in [1.165, 1.54) is 0 Å². The van der Waals surface area contributed by atoms with E-state index in [1.807, 2.05) is 0 Å². The molecule has 0 amide bonds. The minimum absolute atomic E-state index is 0.658. The molecule has 0 spiro atoms. The number of hydrogen-bond donors (Lipinski definition) is 1. The van der Waals surface area contributed by atoms with Gasteiger partial charge in [0.1, 0.15) is 6.20 Å². The van der Waals surface area contributed by atoms with E-state index < -0.39 is 43.7 Å². The molecule has 48 valence electrons. The van der Waals surface area contributed by atoms with Gasteiger partial charge in [0.05, 0.1) is 1.37 Å². The van der Waals surface area contributed by atoms with E-state index >= 15 is 0 Å². The van der Waals surface area contributed by atoms with Gasteiger partial charge in [-0.3, -0.25) is 4.90 Å². The topological polar surface area (TPSA) is 23.5 Å². The van der Waals surface area contributed by atoms with Crippen LogP contribution in [0.5, 0.6) is 0 Å². The van der Waals surface area contributed by atoms with Gasteiger partial charge in [-0.25, -0.2) is 0 Å². The van der Waals surface area contributed by atoms with Crippen LogP contribution in [0, 0.1) is 0 Å². The molecule has 0 aliphatic carbocycles. The fourth-order valence-electron chi connectivity index (χ4n) is 0.280. The molecule has 1 unspecified atom stereocenters. The summed E-state index contributed by atoms with van der Waals surface area (Å²) in [5, 5.41) is 9.81. The summed E-state index contributed by atoms with van der Waals surface area (Å²) in [6, 6.07) is 0. The van der Waals surface area contributed by atoms with Crippen LogP contribution in [0.3, 0.4) is 0 Å². The molecule has 1 saturated heterocycles. The first-order valence-electron chi connectivity index (χ1n) is 7.89. The van der Waals surface area contributed by atoms with Gasteiger partial charge in [-0.1, -0.05) is 0 Å². The molecule has 8 heavy (non-hydrogen) atoms. The molecule has 0 radical (unpaired) electrons. The molecular formula is C6H13NO. The van der Waals surface area contributed by atoms with E-state index in [0.717, 1.165) is 0 Å². The molecule has 1 N–H and O–H groups in total. The predicted octanol–water partition coefficient (Wildman–Crippen LogP) is 0.421. The van der Waals surface area contributed by atoms with Crippen molar-refractivity contribution in [1.82, 2.24) is 4.90 Å². The smallest absolute Gasteiger partial charge is 0.107 e. The normalized spacial score (nSPS) is 91.1. The Hall–Kier alpha value is -0.0800. The average molecular weight is 127 g/mol. The van der Waals surface area contributed by atoms with E-state index in [1.54, 1.807) is 0 Å². The Morgan fingerprint density at radius 3 is 3.62 bits per heavy atom. The summed E-state index contributed by atoms with van der Waals surface area (Å²) in [7, 11) is 0. The Balaban J connectivity index is 3.74. The van der Waals surface area contributed by atoms with Gasteiger partial charge in [-0.05, 0) is 26.1 Å². The number of aliphatic hydroxyl groups is 1. The number of hydrogen-bond acceptors (Lipinski definition) is 2. The monoisotopic (exact) mass is 127 g/mol. The summed E-state index contributed by atoms with van der Waals surface area (Å²) in [5.41, 5.74) is 0. The van der Waals surface area contributed by atoms with Crippen LogP contribution in [0.1, 0.15) is 35.6 Å². The summed E-state index contributed by atoms with van der Waals surface area (Å²) in [4.78, 5) is -0.658. The first-order chi connectivity index (χ1) is 8.37. The van der Waals surface area contributed by atoms with E-state index in [4.69, 9.17) is 16.4 Å². The molecule has 0 aromatic carbocycles. The Morgan fingerprint density at radius 1 is 2.00 bits per heavy atom. The lowest BCUT2D eigenvalue weighted by molar-refractivity contribution is -0.00577. The lowest BCUT2D eigenvalue weighted by atomic mass is 10.1. The first kappa shape index (κ1) is 0.956. The van der Waals surface area contributed by atoms with Crippen molar-refractivity contribution in [3.63, 3.8) is 0 Å². The Kier molecular flexibility index (Phi) is 0.294. The second kappa shape index (κ2) is 2.46. The van der Waals surface area contributed by atoms with Crippen LogP contribution in [0.15, 0.2) is 0 Å². The maximum Gasteiger partial charge on any atom is 0.107 e. The van der Waals surface area contributed by atoms with Gasteiger partial charge in [0, 0.05) is 21.6 Å². The van der Waals surface area contributed by atoms with E-state index in [9.17, 15) is 5.11 Å². The Morgan fingerprint density at radius 2 is 2.88 bits per heavy atom. The van der Waals surface area contributed by atoms with Gasteiger partial charge in [-0.15, -0.1) is 0 Å². The van der Waals surface area contributed by atoms with Crippen LogP contribution >= 0.6 is 0 Å². The minimum Gasteiger partial charge on any atom is -0.378 e. The molecule has 0 bridgehead atoms. The first-order valence-corrected chi connectivity index (χ1v) is 1.89. The largest absolute Gasteiger partial charge is 0.378 e. The van der Waals surface area contributed by atoms with Crippen molar-refractivity contribution in [2.75, 3.05) is 13.5 Å². The molecule has 0 aromatic rings. The number of nitrogens with zero attached hydrogens (tertiary/aromatic N) is 1. The van der Waals surface area contributed by atoms with E-state index in [2.05, 4.69) is 0 Å². The average Bonchev–Trinajstić information content (AvgIpc) is 2.11. The molecule has 0 saturated carbocycles. The molecule has 1 atom stereocenters. The molecule has 2 heteroatoms. The zero-order valence-corrected chi connectivity index (χ0v) is 3.89. The standard InChI is InChI=1S/C6H13NO/c1-7-5-3-2-4-6(7)8/h6,8H,2-5H2,1H3/i1D3,2D2,3D2,4D2,5D2,6D. The molecule has 1 fully saturated rings. The van der Waals surface area contributed by atoms with Crippen molar-refractivity contribution < 1.29 is 21.6 Å². The van der Waals surface area contributed by atoms with Crippen LogP contribution < -0.4 is 0 Å². The van der Waals surface area contributed by atoms with Crippen LogP contribution in [0.25, 0.3) is 0 Å². The molecular weight excluding hydrogens is 102 g/mol. The maximum atomic E-state index is 9.81. The third-order valence-corrected chi connectivity index (χ3v) is 0.616. The molecule has 1 rings (SSSR count). The molecule has 2 nitrogen and oxygen atoms in total. The predicted molar refractivity (Wildman–Crippen MR) is 32.5 cm³/mol. The van der Waals surface area contributed by atoms with Crippen molar-refractivity contribution in [2.24, 2.45) is 0 Å². The molecule has 1 aliphatic rings. The van der Waals surface area contributed by atoms with Gasteiger partial charge in [0.15, 0.2) is 0 Å². The molecule has 0 aromatic heterocycles. The quantitative estimate of drug-likeness (QED) is 0.510. The fraction of sp³-hybridized carbons (Fsp3) is 1.00. The molecule has 1 heterocycles. The lowest BCUT2D eigenvalue weighted by Gasteiger charge is -2.27. The second-order valence-electron chi connectivity index (χ2n) is 1.15. The second-order valence-corrected chi connectivity index (χ2v) is 1.15. The highest BCUT2D eigenvalue weighted by Gasteiger charge is 2.14. The van der Waals surface area contributed by atoms with E-state index in [-0.39, 0.29) is 0 Å². The highest BCUT2D eigenvalue weighted by Crippen LogP contribution is 2.11. The van der Waals surface area contributed by atoms with Crippen LogP contribution in [0.2, 0.25) is 0 Å². The van der Waals surface area contributed by atoms with Crippen LogP contribution in [0.4, 0.5) is 0 Å². The van der Waals surface area contributed by atoms with E-state index in [0.29, 0.717) is 0 Å². The third-order valence-electron chi connectivity index (χ3n) is 0.616. The fourth-order valence-corrected chi connectivity index (χ4v) is 0.280. The van der Waals surface area contributed by atoms with Gasteiger partial charge in [0.25, 0.3) is 0 Å². The number of piperidine rings is 1. The van der Waals surface area contributed by atoms with Crippen molar-refractivity contribution in [2.45, 2.75) is 25.3 Å². The number of rotatable bonds is 0. The summed E-state index contributed by atoms with van der Waals surface area (Å²) >= 11 is 0. The van der Waals surface area contributed by atoms with Crippen LogP contribution in [-0.2, 0) is 0 Å². The van der Waals surface area contributed by atoms with Gasteiger partial charge < -0.3 is 5.11 Å². The minimum atomic E-state index is -3.84. The lowest BCUT2D eigenvalue weighted by Crippen LogP contribution is -2.35. The zero-order chi connectivity index (χ0) is 16.6. The van der Waals surface area contributed by atoms with Crippen molar-refractivity contribution in [3.05, 3.63) is 0 Å². The van der Waals surface area contributed by atoms with Crippen molar-refractivity contribution >= 4 is 0 Å². The summed E-state index contributed by atoms with van der Waals surface area (Å²) < 4.78 is 88.4. The number of likely N-dealkylation sites (tertiary alicyclic amines) is 1. The summed E-state index contributed by atoms with van der Waals surface area (Å²) in [6.07, 6.45) is -14.8. The maximum absolute atomic E-state index is 9.81. The molecule has 1 aliphatic heterocycles. The Labute approximate surface area is 67.0 Å². The van der Waals surface area contributed by atoms with Gasteiger partial charge >= 0.3 is 0 Å². The Bertz CT molecular complexity index is 381. The SMILES string of the molecule is [2H]C([2H])([2H])N1C([2H])([2H])C([2H])([2H])C([2H])([2H])C([2H])([2H])C1([2H])O. The van der Waals surface area contributed by atoms with Gasteiger partial charge in [-0.2, -0.15) is 0 Å². The highest BCUT2D eigenvalue weighted by molar-refractivity contribution is 4.63. The zero-order valence-electron chi connectivity index (χ0n) is 15.9. The highest BCUT2D eigenvalue weighted by atomic mass is 16.3. The third kappa shape index (κ3) is 1.20. The van der Waals surface area contributed by atoms with Crippen molar-refractivity contribution in [1.29, 1.82) is 0 Å². The van der Waals surface area contributed by atoms with Crippen molar-refractivity contribution in [3.8, 4) is 0 Å². The van der Waals surface area contributed by atoms with Crippen LogP contribution in [-0.4, -0.2) is 29.7 Å².